The average molecular weight is 302 g/mol. The number of H-pyrrole nitrogens is 1. The molecule has 0 saturated carbocycles. The molecular weight excluding hydrogens is 276 g/mol. The Morgan fingerprint density at radius 2 is 1.90 bits per heavy atom. The fourth-order valence-electron chi connectivity index (χ4n) is 2.00. The SMILES string of the molecule is Cc1[nH]nc(CNC(C)C)c1S(=O)(=O)N(C)CC(C)C. The molecule has 20 heavy (non-hydrogen) atoms. The van der Waals surface area contributed by atoms with Crippen molar-refractivity contribution in [3.63, 3.8) is 0 Å². The zero-order chi connectivity index (χ0) is 15.5. The van der Waals surface area contributed by atoms with E-state index in [0.29, 0.717) is 29.4 Å². The van der Waals surface area contributed by atoms with Gasteiger partial charge in [-0.3, -0.25) is 5.10 Å². The van der Waals surface area contributed by atoms with Gasteiger partial charge in [-0.15, -0.1) is 0 Å². The third-order valence-corrected chi connectivity index (χ3v) is 4.96. The maximum atomic E-state index is 12.7. The van der Waals surface area contributed by atoms with E-state index < -0.39 is 10.0 Å². The molecule has 0 bridgehead atoms. The van der Waals surface area contributed by atoms with Gasteiger partial charge in [0.05, 0.1) is 11.4 Å². The van der Waals surface area contributed by atoms with Gasteiger partial charge in [0.25, 0.3) is 0 Å². The maximum absolute atomic E-state index is 12.7. The predicted molar refractivity (Wildman–Crippen MR) is 80.0 cm³/mol. The van der Waals surface area contributed by atoms with Gasteiger partial charge in [-0.05, 0) is 12.8 Å². The number of sulfonamides is 1. The van der Waals surface area contributed by atoms with Crippen LogP contribution in [0.3, 0.4) is 0 Å². The highest BCUT2D eigenvalue weighted by Gasteiger charge is 2.28. The summed E-state index contributed by atoms with van der Waals surface area (Å²) in [5.74, 6) is 0.277. The molecule has 0 aliphatic heterocycles. The molecule has 0 aliphatic carbocycles. The first-order valence-electron chi connectivity index (χ1n) is 6.89. The van der Waals surface area contributed by atoms with Crippen LogP contribution in [-0.4, -0.2) is 42.6 Å². The molecule has 0 atom stereocenters. The highest BCUT2D eigenvalue weighted by molar-refractivity contribution is 7.89. The summed E-state index contributed by atoms with van der Waals surface area (Å²) < 4.78 is 26.7. The number of aromatic nitrogens is 2. The summed E-state index contributed by atoms with van der Waals surface area (Å²) in [6, 6.07) is 0.274. The molecule has 6 nitrogen and oxygen atoms in total. The van der Waals surface area contributed by atoms with Gasteiger partial charge in [0, 0.05) is 26.2 Å². The van der Waals surface area contributed by atoms with E-state index >= 15 is 0 Å². The third-order valence-electron chi connectivity index (χ3n) is 2.93. The first kappa shape index (κ1) is 17.1. The van der Waals surface area contributed by atoms with Crippen LogP contribution in [-0.2, 0) is 16.6 Å². The Morgan fingerprint density at radius 3 is 2.40 bits per heavy atom. The second kappa shape index (κ2) is 6.69. The van der Waals surface area contributed by atoms with Gasteiger partial charge in [0.2, 0.25) is 10.0 Å². The van der Waals surface area contributed by atoms with E-state index in [1.807, 2.05) is 27.7 Å². The van der Waals surface area contributed by atoms with Gasteiger partial charge < -0.3 is 5.32 Å². The smallest absolute Gasteiger partial charge is 0.246 e. The summed E-state index contributed by atoms with van der Waals surface area (Å²) in [6.07, 6.45) is 0. The van der Waals surface area contributed by atoms with Gasteiger partial charge in [-0.25, -0.2) is 12.7 Å². The number of nitrogens with one attached hydrogen (secondary N) is 2. The molecule has 0 radical (unpaired) electrons. The Balaban J connectivity index is 3.08. The summed E-state index contributed by atoms with van der Waals surface area (Å²) in [6.45, 7) is 10.7. The molecule has 1 aromatic rings. The quantitative estimate of drug-likeness (QED) is 0.800. The number of hydrogen-bond donors (Lipinski definition) is 2. The van der Waals surface area contributed by atoms with Gasteiger partial charge in [0.1, 0.15) is 4.90 Å². The predicted octanol–water partition coefficient (Wildman–Crippen LogP) is 1.49. The molecule has 1 rings (SSSR count). The molecule has 116 valence electrons. The lowest BCUT2D eigenvalue weighted by molar-refractivity contribution is 0.416. The van der Waals surface area contributed by atoms with Crippen LogP contribution in [0.15, 0.2) is 4.90 Å². The van der Waals surface area contributed by atoms with E-state index in [2.05, 4.69) is 15.5 Å². The van der Waals surface area contributed by atoms with Gasteiger partial charge >= 0.3 is 0 Å². The Hall–Kier alpha value is -0.920. The fourth-order valence-corrected chi connectivity index (χ4v) is 3.65. The summed E-state index contributed by atoms with van der Waals surface area (Å²) in [5, 5.41) is 10.1. The van der Waals surface area contributed by atoms with Crippen molar-refractivity contribution in [3.8, 4) is 0 Å². The molecule has 0 aromatic carbocycles. The van der Waals surface area contributed by atoms with Crippen LogP contribution in [0.2, 0.25) is 0 Å². The molecule has 0 unspecified atom stereocenters. The maximum Gasteiger partial charge on any atom is 0.246 e. The van der Waals surface area contributed by atoms with Crippen LogP contribution in [0.5, 0.6) is 0 Å². The molecule has 0 saturated heterocycles. The van der Waals surface area contributed by atoms with Gasteiger partial charge in [-0.1, -0.05) is 27.7 Å². The lowest BCUT2D eigenvalue weighted by Crippen LogP contribution is -2.32. The zero-order valence-electron chi connectivity index (χ0n) is 13.2. The second-order valence-electron chi connectivity index (χ2n) is 5.84. The summed E-state index contributed by atoms with van der Waals surface area (Å²) in [7, 11) is -1.89. The van der Waals surface area contributed by atoms with Crippen LogP contribution in [0.4, 0.5) is 0 Å². The molecule has 0 amide bonds. The van der Waals surface area contributed by atoms with E-state index in [4.69, 9.17) is 0 Å². The van der Waals surface area contributed by atoms with Gasteiger partial charge in [-0.2, -0.15) is 5.10 Å². The van der Waals surface area contributed by atoms with Crippen LogP contribution in [0.1, 0.15) is 39.1 Å². The Kier molecular flexibility index (Phi) is 5.73. The van der Waals surface area contributed by atoms with Crippen LogP contribution in [0, 0.1) is 12.8 Å². The summed E-state index contributed by atoms with van der Waals surface area (Å²) in [5.41, 5.74) is 1.13. The van der Waals surface area contributed by atoms with E-state index in [-0.39, 0.29) is 12.0 Å². The molecular formula is C13H26N4O2S. The van der Waals surface area contributed by atoms with Crippen molar-refractivity contribution in [2.45, 2.75) is 52.1 Å². The monoisotopic (exact) mass is 302 g/mol. The van der Waals surface area contributed by atoms with E-state index in [1.165, 1.54) is 4.31 Å². The average Bonchev–Trinajstić information content (AvgIpc) is 2.67. The zero-order valence-corrected chi connectivity index (χ0v) is 14.0. The van der Waals surface area contributed by atoms with Crippen molar-refractivity contribution in [2.75, 3.05) is 13.6 Å². The normalized spacial score (nSPS) is 12.8. The van der Waals surface area contributed by atoms with Crippen molar-refractivity contribution in [2.24, 2.45) is 5.92 Å². The fraction of sp³-hybridized carbons (Fsp3) is 0.769. The standard InChI is InChI=1S/C13H26N4O2S/c1-9(2)8-17(6)20(18,19)13-11(5)15-16-12(13)7-14-10(3)4/h9-10,14H,7-8H2,1-6H3,(H,15,16). The first-order valence-corrected chi connectivity index (χ1v) is 8.33. The third kappa shape index (κ3) is 4.04. The molecule has 1 aromatic heterocycles. The molecule has 1 heterocycles. The number of rotatable bonds is 7. The second-order valence-corrected chi connectivity index (χ2v) is 7.82. The highest BCUT2D eigenvalue weighted by atomic mass is 32.2. The Morgan fingerprint density at radius 1 is 1.30 bits per heavy atom. The lowest BCUT2D eigenvalue weighted by atomic mass is 10.2. The van der Waals surface area contributed by atoms with Crippen molar-refractivity contribution in [3.05, 3.63) is 11.4 Å². The summed E-state index contributed by atoms with van der Waals surface area (Å²) >= 11 is 0. The molecule has 2 N–H and O–H groups in total. The van der Waals surface area contributed by atoms with E-state index in [1.54, 1.807) is 14.0 Å². The molecule has 0 fully saturated rings. The van der Waals surface area contributed by atoms with Crippen LogP contribution in [0.25, 0.3) is 0 Å². The number of aromatic amines is 1. The number of nitrogens with zero attached hydrogens (tertiary/aromatic N) is 2. The Labute approximate surface area is 122 Å². The lowest BCUT2D eigenvalue weighted by Gasteiger charge is -2.19. The van der Waals surface area contributed by atoms with Gasteiger partial charge in [0.15, 0.2) is 0 Å². The highest BCUT2D eigenvalue weighted by Crippen LogP contribution is 2.22. The molecule has 0 spiro atoms. The van der Waals surface area contributed by atoms with Crippen molar-refractivity contribution in [1.29, 1.82) is 0 Å². The van der Waals surface area contributed by atoms with E-state index in [0.717, 1.165) is 0 Å². The Bertz CT molecular complexity index is 535. The topological polar surface area (TPSA) is 78.1 Å². The molecule has 0 aliphatic rings. The largest absolute Gasteiger partial charge is 0.309 e. The van der Waals surface area contributed by atoms with Crippen molar-refractivity contribution >= 4 is 10.0 Å². The molecule has 7 heteroatoms. The van der Waals surface area contributed by atoms with Crippen molar-refractivity contribution < 1.29 is 8.42 Å². The first-order chi connectivity index (χ1) is 9.16. The number of aryl methyl sites for hydroxylation is 1. The minimum absolute atomic E-state index is 0.274. The van der Waals surface area contributed by atoms with Crippen LogP contribution < -0.4 is 5.32 Å². The van der Waals surface area contributed by atoms with Crippen LogP contribution >= 0.6 is 0 Å². The summed E-state index contributed by atoms with van der Waals surface area (Å²) in [4.78, 5) is 0.300. The minimum Gasteiger partial charge on any atom is -0.309 e. The minimum atomic E-state index is -3.50. The van der Waals surface area contributed by atoms with E-state index in [9.17, 15) is 8.42 Å². The van der Waals surface area contributed by atoms with Crippen molar-refractivity contribution in [1.82, 2.24) is 19.8 Å². The number of hydrogen-bond acceptors (Lipinski definition) is 4.